The second kappa shape index (κ2) is 5.54. The largest absolute Gasteiger partial charge is 0.378 e. The molecule has 0 radical (unpaired) electrons. The highest BCUT2D eigenvalue weighted by molar-refractivity contribution is 5.48. The number of ether oxygens (including phenoxy) is 1. The van der Waals surface area contributed by atoms with E-state index < -0.39 is 0 Å². The average Bonchev–Trinajstić information content (AvgIpc) is 2.39. The monoisotopic (exact) mass is 233 g/mol. The van der Waals surface area contributed by atoms with Gasteiger partial charge in [0.25, 0.3) is 0 Å². The number of anilines is 1. The van der Waals surface area contributed by atoms with Crippen LogP contribution in [0.3, 0.4) is 0 Å². The smallest absolute Gasteiger partial charge is 0.0642 e. The third-order valence-corrected chi connectivity index (χ3v) is 3.80. The molecule has 1 heterocycles. The van der Waals surface area contributed by atoms with Crippen LogP contribution in [0, 0.1) is 5.92 Å². The van der Waals surface area contributed by atoms with Gasteiger partial charge in [0.15, 0.2) is 0 Å². The molecule has 17 heavy (non-hydrogen) atoms. The van der Waals surface area contributed by atoms with E-state index in [-0.39, 0.29) is 0 Å². The summed E-state index contributed by atoms with van der Waals surface area (Å²) in [5, 5.41) is 0. The van der Waals surface area contributed by atoms with Crippen LogP contribution in [-0.2, 0) is 4.74 Å². The Kier molecular flexibility index (Phi) is 4.06. The predicted molar refractivity (Wildman–Crippen MR) is 72.7 cm³/mol. The van der Waals surface area contributed by atoms with E-state index in [1.165, 1.54) is 11.3 Å². The summed E-state index contributed by atoms with van der Waals surface area (Å²) in [5.41, 5.74) is 2.77. The van der Waals surface area contributed by atoms with Gasteiger partial charge in [-0.3, -0.25) is 0 Å². The van der Waals surface area contributed by atoms with Crippen molar-refractivity contribution in [2.24, 2.45) is 5.92 Å². The Morgan fingerprint density at radius 2 is 1.59 bits per heavy atom. The molecule has 1 saturated heterocycles. The molecule has 1 aliphatic heterocycles. The first kappa shape index (κ1) is 12.4. The molecule has 1 aromatic carbocycles. The van der Waals surface area contributed by atoms with Gasteiger partial charge < -0.3 is 9.64 Å². The number of nitrogens with zero attached hydrogens (tertiary/aromatic N) is 1. The molecular weight excluding hydrogens is 210 g/mol. The first-order chi connectivity index (χ1) is 8.18. The second-order valence-corrected chi connectivity index (χ2v) is 5.22. The average molecular weight is 233 g/mol. The molecule has 0 amide bonds. The Morgan fingerprint density at radius 3 is 2.12 bits per heavy atom. The second-order valence-electron chi connectivity index (χ2n) is 5.22. The SMILES string of the molecule is CC(C)C(C)c1ccc(N2CCOCC2)cc1. The number of hydrogen-bond acceptors (Lipinski definition) is 2. The van der Waals surface area contributed by atoms with Gasteiger partial charge in [-0.15, -0.1) is 0 Å². The molecule has 1 aliphatic rings. The van der Waals surface area contributed by atoms with E-state index in [1.54, 1.807) is 0 Å². The normalized spacial score (nSPS) is 18.5. The van der Waals surface area contributed by atoms with Crippen molar-refractivity contribution in [3.63, 3.8) is 0 Å². The third-order valence-electron chi connectivity index (χ3n) is 3.80. The Morgan fingerprint density at radius 1 is 1.00 bits per heavy atom. The molecule has 1 unspecified atom stereocenters. The number of morpholine rings is 1. The Balaban J connectivity index is 2.06. The van der Waals surface area contributed by atoms with Gasteiger partial charge in [0.1, 0.15) is 0 Å². The Labute approximate surface area is 105 Å². The van der Waals surface area contributed by atoms with Crippen LogP contribution in [0.5, 0.6) is 0 Å². The van der Waals surface area contributed by atoms with Crippen molar-refractivity contribution in [3.05, 3.63) is 29.8 Å². The minimum absolute atomic E-state index is 0.633. The minimum Gasteiger partial charge on any atom is -0.378 e. The topological polar surface area (TPSA) is 12.5 Å². The zero-order chi connectivity index (χ0) is 12.3. The molecule has 0 N–H and O–H groups in total. The van der Waals surface area contributed by atoms with Crippen LogP contribution in [-0.4, -0.2) is 26.3 Å². The highest BCUT2D eigenvalue weighted by Crippen LogP contribution is 2.26. The fraction of sp³-hybridized carbons (Fsp3) is 0.600. The van der Waals surface area contributed by atoms with Crippen LogP contribution in [0.25, 0.3) is 0 Å². The van der Waals surface area contributed by atoms with Crippen LogP contribution >= 0.6 is 0 Å². The van der Waals surface area contributed by atoms with Crippen LogP contribution < -0.4 is 4.90 Å². The molecule has 0 aromatic heterocycles. The molecule has 2 heteroatoms. The van der Waals surface area contributed by atoms with Crippen LogP contribution in [0.4, 0.5) is 5.69 Å². The van der Waals surface area contributed by atoms with E-state index in [0.29, 0.717) is 11.8 Å². The summed E-state index contributed by atoms with van der Waals surface area (Å²) in [5.74, 6) is 1.33. The van der Waals surface area contributed by atoms with E-state index in [4.69, 9.17) is 4.74 Å². The first-order valence-corrected chi connectivity index (χ1v) is 6.61. The first-order valence-electron chi connectivity index (χ1n) is 6.61. The Hall–Kier alpha value is -1.02. The van der Waals surface area contributed by atoms with Crippen LogP contribution in [0.2, 0.25) is 0 Å². The van der Waals surface area contributed by atoms with E-state index >= 15 is 0 Å². The maximum atomic E-state index is 5.37. The zero-order valence-electron chi connectivity index (χ0n) is 11.1. The van der Waals surface area contributed by atoms with Crippen molar-refractivity contribution in [2.75, 3.05) is 31.2 Å². The molecule has 2 nitrogen and oxygen atoms in total. The van der Waals surface area contributed by atoms with Gasteiger partial charge in [-0.05, 0) is 29.5 Å². The van der Waals surface area contributed by atoms with Gasteiger partial charge >= 0.3 is 0 Å². The van der Waals surface area contributed by atoms with Crippen molar-refractivity contribution in [2.45, 2.75) is 26.7 Å². The summed E-state index contributed by atoms with van der Waals surface area (Å²) >= 11 is 0. The molecular formula is C15H23NO. The maximum Gasteiger partial charge on any atom is 0.0642 e. The molecule has 0 bridgehead atoms. The highest BCUT2D eigenvalue weighted by atomic mass is 16.5. The summed E-state index contributed by atoms with van der Waals surface area (Å²) in [6.07, 6.45) is 0. The number of benzene rings is 1. The third kappa shape index (κ3) is 3.01. The van der Waals surface area contributed by atoms with Crippen molar-refractivity contribution < 1.29 is 4.74 Å². The molecule has 0 spiro atoms. The van der Waals surface area contributed by atoms with Crippen molar-refractivity contribution in [3.8, 4) is 0 Å². The molecule has 2 rings (SSSR count). The number of hydrogen-bond donors (Lipinski definition) is 0. The molecule has 94 valence electrons. The Bertz CT molecular complexity index is 338. The van der Waals surface area contributed by atoms with Crippen LogP contribution in [0.15, 0.2) is 24.3 Å². The van der Waals surface area contributed by atoms with Crippen LogP contribution in [0.1, 0.15) is 32.3 Å². The zero-order valence-corrected chi connectivity index (χ0v) is 11.1. The number of rotatable bonds is 3. The summed E-state index contributed by atoms with van der Waals surface area (Å²) in [7, 11) is 0. The van der Waals surface area contributed by atoms with E-state index in [2.05, 4.69) is 49.9 Å². The van der Waals surface area contributed by atoms with Gasteiger partial charge in [0.05, 0.1) is 13.2 Å². The molecule has 0 saturated carbocycles. The molecule has 1 aromatic rings. The molecule has 1 fully saturated rings. The van der Waals surface area contributed by atoms with Crippen molar-refractivity contribution >= 4 is 5.69 Å². The molecule has 1 atom stereocenters. The molecule has 0 aliphatic carbocycles. The summed E-state index contributed by atoms with van der Waals surface area (Å²) in [6, 6.07) is 9.05. The van der Waals surface area contributed by atoms with Gasteiger partial charge in [-0.25, -0.2) is 0 Å². The van der Waals surface area contributed by atoms with E-state index in [9.17, 15) is 0 Å². The lowest BCUT2D eigenvalue weighted by Gasteiger charge is -2.29. The summed E-state index contributed by atoms with van der Waals surface area (Å²) in [6.45, 7) is 10.6. The lowest BCUT2D eigenvalue weighted by atomic mass is 9.90. The van der Waals surface area contributed by atoms with Crippen molar-refractivity contribution in [1.29, 1.82) is 0 Å². The highest BCUT2D eigenvalue weighted by Gasteiger charge is 2.13. The summed E-state index contributed by atoms with van der Waals surface area (Å²) in [4.78, 5) is 2.40. The maximum absolute atomic E-state index is 5.37. The quantitative estimate of drug-likeness (QED) is 0.794. The van der Waals surface area contributed by atoms with Gasteiger partial charge in [0.2, 0.25) is 0 Å². The fourth-order valence-corrected chi connectivity index (χ4v) is 2.20. The lowest BCUT2D eigenvalue weighted by molar-refractivity contribution is 0.122. The summed E-state index contributed by atoms with van der Waals surface area (Å²) < 4.78 is 5.37. The van der Waals surface area contributed by atoms with E-state index in [1.807, 2.05) is 0 Å². The van der Waals surface area contributed by atoms with E-state index in [0.717, 1.165) is 26.3 Å². The fourth-order valence-electron chi connectivity index (χ4n) is 2.20. The standard InChI is InChI=1S/C15H23NO/c1-12(2)13(3)14-4-6-15(7-5-14)16-8-10-17-11-9-16/h4-7,12-13H,8-11H2,1-3H3. The predicted octanol–water partition coefficient (Wildman–Crippen LogP) is 3.28. The van der Waals surface area contributed by atoms with Gasteiger partial charge in [-0.1, -0.05) is 32.9 Å². The minimum atomic E-state index is 0.633. The van der Waals surface area contributed by atoms with Gasteiger partial charge in [-0.2, -0.15) is 0 Å². The van der Waals surface area contributed by atoms with Crippen molar-refractivity contribution in [1.82, 2.24) is 0 Å². The lowest BCUT2D eigenvalue weighted by Crippen LogP contribution is -2.36. The van der Waals surface area contributed by atoms with Gasteiger partial charge in [0, 0.05) is 18.8 Å².